The van der Waals surface area contributed by atoms with Crippen LogP contribution in [0.3, 0.4) is 0 Å². The molecule has 3 rings (SSSR count). The Labute approximate surface area is 170 Å². The molecule has 1 heterocycles. The van der Waals surface area contributed by atoms with Crippen LogP contribution in [-0.4, -0.2) is 29.3 Å². The summed E-state index contributed by atoms with van der Waals surface area (Å²) in [7, 11) is 1.39. The van der Waals surface area contributed by atoms with Crippen molar-refractivity contribution in [2.24, 2.45) is 4.99 Å². The van der Waals surface area contributed by atoms with E-state index in [1.165, 1.54) is 37.6 Å². The van der Waals surface area contributed by atoms with Gasteiger partial charge < -0.3 is 9.72 Å². The second-order valence-electron chi connectivity index (χ2n) is 6.26. The summed E-state index contributed by atoms with van der Waals surface area (Å²) >= 11 is 11.9. The van der Waals surface area contributed by atoms with Crippen molar-refractivity contribution in [3.05, 3.63) is 67.6 Å². The summed E-state index contributed by atoms with van der Waals surface area (Å²) in [5, 5.41) is 12.3. The van der Waals surface area contributed by atoms with E-state index < -0.39 is 10.7 Å². The highest BCUT2D eigenvalue weighted by Crippen LogP contribution is 2.32. The van der Waals surface area contributed by atoms with Gasteiger partial charge in [-0.15, -0.1) is 0 Å². The van der Waals surface area contributed by atoms with Gasteiger partial charge in [0.1, 0.15) is 11.6 Å². The maximum absolute atomic E-state index is 13.8. The summed E-state index contributed by atoms with van der Waals surface area (Å²) in [6, 6.07) is 5.41. The number of nitrogens with zero attached hydrogens (tertiary/aromatic N) is 2. The van der Waals surface area contributed by atoms with Gasteiger partial charge in [-0.1, -0.05) is 23.2 Å². The summed E-state index contributed by atoms with van der Waals surface area (Å²) in [6.07, 6.45) is 3.70. The van der Waals surface area contributed by atoms with E-state index in [1.807, 2.05) is 6.92 Å². The summed E-state index contributed by atoms with van der Waals surface area (Å²) < 4.78 is 18.8. The summed E-state index contributed by atoms with van der Waals surface area (Å²) in [4.78, 5) is 18.2. The molecular weight excluding hydrogens is 408 g/mol. The fraction of sp³-hybridized carbons (Fsp3) is 0.211. The quantitative estimate of drug-likeness (QED) is 0.319. The van der Waals surface area contributed by atoms with Crippen molar-refractivity contribution in [3.63, 3.8) is 0 Å². The molecule has 0 spiro atoms. The SMILES string of the molecule is COc1cc([N+](=O)[O-])c(C=N[C@@H](C)Cc2c[nH]c3cc(Cl)c(F)cc23)cc1Cl. The number of aliphatic imine (C=N–C) groups is 1. The molecule has 2 aromatic carbocycles. The molecule has 0 unspecified atom stereocenters. The molecule has 146 valence electrons. The first-order chi connectivity index (χ1) is 13.3. The minimum absolute atomic E-state index is 0.0515. The maximum Gasteiger partial charge on any atom is 0.281 e. The van der Waals surface area contributed by atoms with E-state index in [4.69, 9.17) is 27.9 Å². The number of fused-ring (bicyclic) bond motifs is 1. The lowest BCUT2D eigenvalue weighted by Crippen LogP contribution is -2.04. The fourth-order valence-electron chi connectivity index (χ4n) is 2.90. The number of benzene rings is 2. The average molecular weight is 424 g/mol. The molecule has 1 aromatic heterocycles. The Balaban J connectivity index is 1.85. The number of hydrogen-bond acceptors (Lipinski definition) is 4. The van der Waals surface area contributed by atoms with Crippen molar-refractivity contribution >= 4 is 46.0 Å². The van der Waals surface area contributed by atoms with Crippen LogP contribution in [0.15, 0.2) is 35.5 Å². The van der Waals surface area contributed by atoms with Crippen LogP contribution in [0, 0.1) is 15.9 Å². The van der Waals surface area contributed by atoms with Crippen molar-refractivity contribution in [3.8, 4) is 5.75 Å². The number of nitro groups is 1. The van der Waals surface area contributed by atoms with E-state index in [-0.39, 0.29) is 33.1 Å². The van der Waals surface area contributed by atoms with Gasteiger partial charge >= 0.3 is 0 Å². The van der Waals surface area contributed by atoms with Crippen LogP contribution in [0.2, 0.25) is 10.0 Å². The highest BCUT2D eigenvalue weighted by atomic mass is 35.5. The zero-order valence-corrected chi connectivity index (χ0v) is 16.5. The van der Waals surface area contributed by atoms with Crippen molar-refractivity contribution in [2.75, 3.05) is 7.11 Å². The molecule has 0 saturated heterocycles. The number of nitrogens with one attached hydrogen (secondary N) is 1. The molecule has 0 fully saturated rings. The van der Waals surface area contributed by atoms with Crippen molar-refractivity contribution in [2.45, 2.75) is 19.4 Å². The predicted molar refractivity (Wildman–Crippen MR) is 109 cm³/mol. The highest BCUT2D eigenvalue weighted by Gasteiger charge is 2.17. The highest BCUT2D eigenvalue weighted by molar-refractivity contribution is 6.32. The summed E-state index contributed by atoms with van der Waals surface area (Å²) in [5.41, 5.74) is 1.73. The third kappa shape index (κ3) is 4.10. The molecule has 1 N–H and O–H groups in total. The first kappa shape index (κ1) is 20.1. The molecule has 28 heavy (non-hydrogen) atoms. The Morgan fingerprint density at radius 2 is 2.07 bits per heavy atom. The normalized spacial score (nSPS) is 12.6. The minimum atomic E-state index is -0.517. The second kappa shape index (κ2) is 8.16. The molecule has 3 aromatic rings. The summed E-state index contributed by atoms with van der Waals surface area (Å²) in [6.45, 7) is 1.86. The van der Waals surface area contributed by atoms with Crippen LogP contribution in [0.25, 0.3) is 10.9 Å². The minimum Gasteiger partial charge on any atom is -0.495 e. The lowest BCUT2D eigenvalue weighted by atomic mass is 10.1. The van der Waals surface area contributed by atoms with E-state index in [1.54, 1.807) is 6.20 Å². The molecular formula is C19H16Cl2FN3O3. The number of nitro benzene ring substituents is 1. The third-order valence-electron chi connectivity index (χ3n) is 4.29. The van der Waals surface area contributed by atoms with Gasteiger partial charge in [0.15, 0.2) is 0 Å². The van der Waals surface area contributed by atoms with E-state index in [0.29, 0.717) is 6.42 Å². The Kier molecular flexibility index (Phi) is 5.86. The van der Waals surface area contributed by atoms with E-state index in [0.717, 1.165) is 16.5 Å². The number of methoxy groups -OCH3 is 1. The van der Waals surface area contributed by atoms with Crippen molar-refractivity contribution in [1.29, 1.82) is 0 Å². The standard InChI is InChI=1S/C19H16Cl2FN3O3/c1-10(3-11-8-24-17-6-14(20)16(22)5-13(11)17)23-9-12-4-15(21)19(28-2)7-18(12)25(26)27/h4-10,24H,3H2,1-2H3/t10-/m0/s1. The molecule has 0 amide bonds. The largest absolute Gasteiger partial charge is 0.495 e. The van der Waals surface area contributed by atoms with Crippen LogP contribution >= 0.6 is 23.2 Å². The number of halogens is 3. The van der Waals surface area contributed by atoms with Crippen LogP contribution in [0.4, 0.5) is 10.1 Å². The molecule has 0 radical (unpaired) electrons. The van der Waals surface area contributed by atoms with Crippen LogP contribution in [0.5, 0.6) is 5.75 Å². The van der Waals surface area contributed by atoms with E-state index in [9.17, 15) is 14.5 Å². The Morgan fingerprint density at radius 3 is 2.75 bits per heavy atom. The number of rotatable bonds is 6. The molecule has 0 aliphatic rings. The van der Waals surface area contributed by atoms with Crippen LogP contribution < -0.4 is 4.74 Å². The van der Waals surface area contributed by atoms with Crippen LogP contribution in [0.1, 0.15) is 18.1 Å². The lowest BCUT2D eigenvalue weighted by Gasteiger charge is -2.07. The molecule has 1 atom stereocenters. The van der Waals surface area contributed by atoms with E-state index in [2.05, 4.69) is 9.98 Å². The van der Waals surface area contributed by atoms with Gasteiger partial charge in [0.2, 0.25) is 0 Å². The van der Waals surface area contributed by atoms with Crippen molar-refractivity contribution < 1.29 is 14.1 Å². The zero-order chi connectivity index (χ0) is 20.4. The lowest BCUT2D eigenvalue weighted by molar-refractivity contribution is -0.385. The number of H-pyrrole nitrogens is 1. The van der Waals surface area contributed by atoms with Gasteiger partial charge in [-0.25, -0.2) is 4.39 Å². The smallest absolute Gasteiger partial charge is 0.281 e. The van der Waals surface area contributed by atoms with E-state index >= 15 is 0 Å². The second-order valence-corrected chi connectivity index (χ2v) is 7.07. The number of hydrogen-bond donors (Lipinski definition) is 1. The number of aromatic nitrogens is 1. The average Bonchev–Trinajstić information content (AvgIpc) is 3.01. The maximum atomic E-state index is 13.8. The predicted octanol–water partition coefficient (Wildman–Crippen LogP) is 5.58. The Hall–Kier alpha value is -2.64. The van der Waals surface area contributed by atoms with Gasteiger partial charge in [-0.3, -0.25) is 15.1 Å². The molecule has 0 aliphatic carbocycles. The molecule has 6 nitrogen and oxygen atoms in total. The van der Waals surface area contributed by atoms with Gasteiger partial charge in [-0.05, 0) is 37.1 Å². The zero-order valence-electron chi connectivity index (χ0n) is 15.0. The molecule has 0 bridgehead atoms. The summed E-state index contributed by atoms with van der Waals surface area (Å²) in [5.74, 6) is -0.271. The molecule has 9 heteroatoms. The van der Waals surface area contributed by atoms with Crippen molar-refractivity contribution in [1.82, 2.24) is 4.98 Å². The van der Waals surface area contributed by atoms with Crippen LogP contribution in [-0.2, 0) is 6.42 Å². The Bertz CT molecular complexity index is 1080. The molecule has 0 saturated carbocycles. The fourth-order valence-corrected chi connectivity index (χ4v) is 3.31. The number of ether oxygens (including phenoxy) is 1. The first-order valence-corrected chi connectivity index (χ1v) is 9.05. The Morgan fingerprint density at radius 1 is 1.32 bits per heavy atom. The van der Waals surface area contributed by atoms with Gasteiger partial charge in [0.25, 0.3) is 5.69 Å². The molecule has 0 aliphatic heterocycles. The topological polar surface area (TPSA) is 80.5 Å². The van der Waals surface area contributed by atoms with Gasteiger partial charge in [0, 0.05) is 23.3 Å². The first-order valence-electron chi connectivity index (χ1n) is 8.30. The van der Waals surface area contributed by atoms with Gasteiger partial charge in [-0.2, -0.15) is 0 Å². The third-order valence-corrected chi connectivity index (χ3v) is 4.87. The van der Waals surface area contributed by atoms with Gasteiger partial charge in [0.05, 0.1) is 39.8 Å². The number of aromatic amines is 1. The monoisotopic (exact) mass is 423 g/mol.